The maximum Gasteiger partial charge on any atom is 0.320 e. The zero-order chi connectivity index (χ0) is 14.3. The first-order valence-electron chi connectivity index (χ1n) is 5.93. The maximum absolute atomic E-state index is 11.0. The fraction of sp³-hybridized carbons (Fsp3) is 0.286. The number of nitrogens with two attached hydrogens (primary N) is 1. The van der Waals surface area contributed by atoms with Crippen molar-refractivity contribution in [1.29, 1.82) is 0 Å². The van der Waals surface area contributed by atoms with E-state index in [1.54, 1.807) is 6.08 Å². The second-order valence-electron chi connectivity index (χ2n) is 4.26. The van der Waals surface area contributed by atoms with Gasteiger partial charge in [-0.1, -0.05) is 42.5 Å². The molecule has 0 aliphatic rings. The topological polar surface area (TPSA) is 101 Å². The van der Waals surface area contributed by atoms with E-state index in [0.717, 1.165) is 5.56 Å². The van der Waals surface area contributed by atoms with E-state index in [1.165, 1.54) is 0 Å². The zero-order valence-corrected chi connectivity index (χ0v) is 10.4. The van der Waals surface area contributed by atoms with Crippen molar-refractivity contribution in [3.63, 3.8) is 0 Å². The summed E-state index contributed by atoms with van der Waals surface area (Å²) in [4.78, 5) is 21.6. The van der Waals surface area contributed by atoms with Crippen LogP contribution in [0.1, 0.15) is 18.4 Å². The van der Waals surface area contributed by atoms with Crippen LogP contribution in [-0.2, 0) is 9.59 Å². The molecule has 0 saturated carbocycles. The van der Waals surface area contributed by atoms with Crippen molar-refractivity contribution < 1.29 is 19.8 Å². The summed E-state index contributed by atoms with van der Waals surface area (Å²) in [5.74, 6) is -3.00. The van der Waals surface area contributed by atoms with E-state index in [9.17, 15) is 9.59 Å². The highest BCUT2D eigenvalue weighted by Gasteiger charge is 2.23. The van der Waals surface area contributed by atoms with Crippen LogP contribution in [0.3, 0.4) is 0 Å². The predicted octanol–water partition coefficient (Wildman–Crippen LogP) is 1.59. The Bertz CT molecular complexity index is 456. The Kier molecular flexibility index (Phi) is 5.75. The molecule has 102 valence electrons. The zero-order valence-electron chi connectivity index (χ0n) is 10.4. The van der Waals surface area contributed by atoms with Gasteiger partial charge in [0.15, 0.2) is 0 Å². The second-order valence-corrected chi connectivity index (χ2v) is 4.26. The van der Waals surface area contributed by atoms with Gasteiger partial charge in [-0.15, -0.1) is 0 Å². The number of carboxylic acids is 2. The van der Waals surface area contributed by atoms with Gasteiger partial charge in [0, 0.05) is 0 Å². The number of allylic oxidation sites excluding steroid dienone is 1. The van der Waals surface area contributed by atoms with Gasteiger partial charge in [0.05, 0.1) is 5.92 Å². The Balaban J connectivity index is 2.57. The van der Waals surface area contributed by atoms with Crippen LogP contribution in [0.25, 0.3) is 6.08 Å². The lowest BCUT2D eigenvalue weighted by molar-refractivity contribution is -0.143. The van der Waals surface area contributed by atoms with E-state index in [2.05, 4.69) is 0 Å². The van der Waals surface area contributed by atoms with E-state index in [0.29, 0.717) is 0 Å². The molecule has 0 aromatic heterocycles. The largest absolute Gasteiger partial charge is 0.481 e. The minimum absolute atomic E-state index is 0.0796. The third kappa shape index (κ3) is 5.35. The lowest BCUT2D eigenvalue weighted by atomic mass is 9.96. The van der Waals surface area contributed by atoms with Crippen molar-refractivity contribution in [3.05, 3.63) is 42.0 Å². The third-order valence-corrected chi connectivity index (χ3v) is 2.74. The highest BCUT2D eigenvalue weighted by Crippen LogP contribution is 2.13. The maximum atomic E-state index is 11.0. The molecule has 0 amide bonds. The average molecular weight is 263 g/mol. The van der Waals surface area contributed by atoms with Crippen molar-refractivity contribution in [1.82, 2.24) is 0 Å². The molecule has 0 aliphatic heterocycles. The smallest absolute Gasteiger partial charge is 0.320 e. The molecule has 0 unspecified atom stereocenters. The molecule has 1 aromatic rings. The Morgan fingerprint density at radius 1 is 1.16 bits per heavy atom. The second kappa shape index (κ2) is 7.33. The third-order valence-electron chi connectivity index (χ3n) is 2.74. The van der Waals surface area contributed by atoms with Gasteiger partial charge in [0.1, 0.15) is 6.04 Å². The van der Waals surface area contributed by atoms with E-state index >= 15 is 0 Å². The summed E-state index contributed by atoms with van der Waals surface area (Å²) < 4.78 is 0. The van der Waals surface area contributed by atoms with E-state index in [-0.39, 0.29) is 12.8 Å². The lowest BCUT2D eigenvalue weighted by Gasteiger charge is -2.12. The summed E-state index contributed by atoms with van der Waals surface area (Å²) in [7, 11) is 0. The molecule has 0 fully saturated rings. The molecular formula is C14H17NO4. The summed E-state index contributed by atoms with van der Waals surface area (Å²) in [6.07, 6.45) is 3.71. The van der Waals surface area contributed by atoms with Gasteiger partial charge in [-0.25, -0.2) is 0 Å². The normalized spacial score (nSPS) is 14.2. The molecule has 0 heterocycles. The van der Waals surface area contributed by atoms with Crippen LogP contribution in [0, 0.1) is 5.92 Å². The molecule has 4 N–H and O–H groups in total. The van der Waals surface area contributed by atoms with Gasteiger partial charge in [-0.3, -0.25) is 9.59 Å². The molecule has 0 bridgehead atoms. The number of aliphatic carboxylic acids is 2. The quantitative estimate of drug-likeness (QED) is 0.693. The van der Waals surface area contributed by atoms with E-state index in [1.807, 2.05) is 36.4 Å². The monoisotopic (exact) mass is 263 g/mol. The number of rotatable bonds is 7. The molecule has 5 nitrogen and oxygen atoms in total. The van der Waals surface area contributed by atoms with Crippen LogP contribution in [-0.4, -0.2) is 28.2 Å². The highest BCUT2D eigenvalue weighted by molar-refractivity contribution is 5.76. The van der Waals surface area contributed by atoms with Gasteiger partial charge in [0.25, 0.3) is 0 Å². The summed E-state index contributed by atoms with van der Waals surface area (Å²) in [6.45, 7) is 0. The molecule has 0 saturated heterocycles. The van der Waals surface area contributed by atoms with Gasteiger partial charge in [-0.05, 0) is 18.4 Å². The minimum atomic E-state index is -1.18. The number of benzene rings is 1. The lowest BCUT2D eigenvalue weighted by Crippen LogP contribution is -2.34. The average Bonchev–Trinajstić information content (AvgIpc) is 2.38. The Morgan fingerprint density at radius 2 is 1.79 bits per heavy atom. The summed E-state index contributed by atoms with van der Waals surface area (Å²) in [6, 6.07) is 8.31. The predicted molar refractivity (Wildman–Crippen MR) is 71.4 cm³/mol. The van der Waals surface area contributed by atoms with Gasteiger partial charge < -0.3 is 15.9 Å². The van der Waals surface area contributed by atoms with Crippen molar-refractivity contribution in [3.8, 4) is 0 Å². The van der Waals surface area contributed by atoms with Crippen LogP contribution in [0.2, 0.25) is 0 Å². The molecule has 0 aliphatic carbocycles. The van der Waals surface area contributed by atoms with E-state index in [4.69, 9.17) is 15.9 Å². The van der Waals surface area contributed by atoms with Crippen molar-refractivity contribution >= 4 is 18.0 Å². The first-order chi connectivity index (χ1) is 9.00. The van der Waals surface area contributed by atoms with Crippen LogP contribution in [0.5, 0.6) is 0 Å². The van der Waals surface area contributed by atoms with Gasteiger partial charge in [0.2, 0.25) is 0 Å². The molecule has 1 rings (SSSR count). The number of hydrogen-bond acceptors (Lipinski definition) is 3. The van der Waals surface area contributed by atoms with Crippen molar-refractivity contribution in [2.75, 3.05) is 0 Å². The number of carbonyl (C=O) groups is 2. The van der Waals surface area contributed by atoms with Gasteiger partial charge >= 0.3 is 11.9 Å². The minimum Gasteiger partial charge on any atom is -0.481 e. The van der Waals surface area contributed by atoms with Crippen molar-refractivity contribution in [2.24, 2.45) is 11.7 Å². The fourth-order valence-corrected chi connectivity index (χ4v) is 1.64. The molecule has 0 spiro atoms. The first-order valence-corrected chi connectivity index (χ1v) is 5.93. The summed E-state index contributed by atoms with van der Waals surface area (Å²) in [5, 5.41) is 17.7. The van der Waals surface area contributed by atoms with Gasteiger partial charge in [-0.2, -0.15) is 0 Å². The Hall–Kier alpha value is -2.14. The molecule has 1 aromatic carbocycles. The summed E-state index contributed by atoms with van der Waals surface area (Å²) >= 11 is 0. The molecular weight excluding hydrogens is 246 g/mol. The molecule has 2 atom stereocenters. The fourth-order valence-electron chi connectivity index (χ4n) is 1.64. The highest BCUT2D eigenvalue weighted by atomic mass is 16.4. The first kappa shape index (κ1) is 14.9. The van der Waals surface area contributed by atoms with Crippen LogP contribution >= 0.6 is 0 Å². The van der Waals surface area contributed by atoms with Crippen LogP contribution in [0.15, 0.2) is 36.4 Å². The summed E-state index contributed by atoms with van der Waals surface area (Å²) in [5.41, 5.74) is 6.32. The van der Waals surface area contributed by atoms with E-state index < -0.39 is 23.9 Å². The standard InChI is InChI=1S/C14H17NO4/c15-12(14(18)19)9-11(13(16)17)8-4-7-10-5-2-1-3-6-10/h1-7,11-12H,8-9,15H2,(H,16,17)(H,18,19)/t11-,12+/m0/s1. The SMILES string of the molecule is N[C@H](C[C@H](CC=Cc1ccccc1)C(=O)O)C(=O)O. The number of carboxylic acid groups (broad SMARTS) is 2. The molecule has 5 heteroatoms. The number of hydrogen-bond donors (Lipinski definition) is 3. The molecule has 0 radical (unpaired) electrons. The van der Waals surface area contributed by atoms with Crippen molar-refractivity contribution in [2.45, 2.75) is 18.9 Å². The Labute approximate surface area is 111 Å². The van der Waals surface area contributed by atoms with Crippen LogP contribution in [0.4, 0.5) is 0 Å². The molecule has 19 heavy (non-hydrogen) atoms. The Morgan fingerprint density at radius 3 is 2.32 bits per heavy atom. The van der Waals surface area contributed by atoms with Crippen LogP contribution < -0.4 is 5.73 Å².